The Kier molecular flexibility index (Phi) is 3.88. The number of amides is 1. The molecule has 6 heteroatoms. The Morgan fingerprint density at radius 3 is 2.47 bits per heavy atom. The van der Waals surface area contributed by atoms with E-state index in [1.165, 1.54) is 17.9 Å². The van der Waals surface area contributed by atoms with Gasteiger partial charge in [-0.3, -0.25) is 9.59 Å². The number of carboxylic acid groups (broad SMARTS) is 1. The highest BCUT2D eigenvalue weighted by Crippen LogP contribution is 2.35. The van der Waals surface area contributed by atoms with Crippen LogP contribution in [0.25, 0.3) is 0 Å². The van der Waals surface area contributed by atoms with Gasteiger partial charge < -0.3 is 14.7 Å². The van der Waals surface area contributed by atoms with Gasteiger partial charge in [0.05, 0.1) is 0 Å². The number of carbonyl (C=O) groups is 3. The highest BCUT2D eigenvalue weighted by molar-refractivity contribution is 5.87. The van der Waals surface area contributed by atoms with Crippen LogP contribution in [0.2, 0.25) is 0 Å². The Bertz CT molecular complexity index is 357. The van der Waals surface area contributed by atoms with Crippen LogP contribution in [0, 0.1) is 5.41 Å². The molecule has 1 heterocycles. The number of likely N-dealkylation sites (tertiary alicyclic amines) is 1. The van der Waals surface area contributed by atoms with E-state index in [9.17, 15) is 14.4 Å². The zero-order valence-corrected chi connectivity index (χ0v) is 9.64. The fourth-order valence-electron chi connectivity index (χ4n) is 1.83. The van der Waals surface area contributed by atoms with Crippen LogP contribution < -0.4 is 0 Å². The van der Waals surface area contributed by atoms with E-state index in [4.69, 9.17) is 9.84 Å². The standard InChI is InChI=1S/C11H15NO5/c1-3-4-17-10(16)12-6-11(7-12,9(14)15)5-8(2)13/h3H,1,4-7H2,2H3,(H,14,15). The van der Waals surface area contributed by atoms with Crippen molar-refractivity contribution in [2.45, 2.75) is 13.3 Å². The normalized spacial score (nSPS) is 16.9. The van der Waals surface area contributed by atoms with E-state index in [0.717, 1.165) is 0 Å². The summed E-state index contributed by atoms with van der Waals surface area (Å²) < 4.78 is 4.76. The minimum absolute atomic E-state index is 0.0118. The molecule has 0 radical (unpaired) electrons. The monoisotopic (exact) mass is 241 g/mol. The number of carboxylic acids is 1. The molecular weight excluding hydrogens is 226 g/mol. The second-order valence-corrected chi connectivity index (χ2v) is 4.19. The Labute approximate surface area is 98.8 Å². The first-order chi connectivity index (χ1) is 7.91. The quantitative estimate of drug-likeness (QED) is 0.715. The number of Topliss-reactive ketones (excluding diaryl/α,β-unsaturated/α-hetero) is 1. The third-order valence-electron chi connectivity index (χ3n) is 2.61. The van der Waals surface area contributed by atoms with Gasteiger partial charge in [-0.05, 0) is 6.92 Å². The van der Waals surface area contributed by atoms with Crippen molar-refractivity contribution in [3.8, 4) is 0 Å². The van der Waals surface area contributed by atoms with E-state index < -0.39 is 17.5 Å². The summed E-state index contributed by atoms with van der Waals surface area (Å²) in [6, 6.07) is 0. The summed E-state index contributed by atoms with van der Waals surface area (Å²) in [4.78, 5) is 34.7. The highest BCUT2D eigenvalue weighted by atomic mass is 16.6. The van der Waals surface area contributed by atoms with E-state index >= 15 is 0 Å². The molecule has 0 atom stereocenters. The number of ether oxygens (including phenoxy) is 1. The van der Waals surface area contributed by atoms with Crippen molar-refractivity contribution >= 4 is 17.8 Å². The first-order valence-corrected chi connectivity index (χ1v) is 5.17. The van der Waals surface area contributed by atoms with Crippen LogP contribution in [0.3, 0.4) is 0 Å². The summed E-state index contributed by atoms with van der Waals surface area (Å²) in [6.45, 7) is 4.84. The molecule has 94 valence electrons. The van der Waals surface area contributed by atoms with Crippen LogP contribution in [-0.4, -0.2) is 47.5 Å². The van der Waals surface area contributed by atoms with Gasteiger partial charge in [0.1, 0.15) is 17.8 Å². The first kappa shape index (κ1) is 13.2. The lowest BCUT2D eigenvalue weighted by molar-refractivity contribution is -0.161. The molecule has 0 unspecified atom stereocenters. The molecule has 0 aliphatic carbocycles. The topological polar surface area (TPSA) is 83.9 Å². The van der Waals surface area contributed by atoms with Crippen LogP contribution in [0.5, 0.6) is 0 Å². The SMILES string of the molecule is C=CCOC(=O)N1CC(CC(C)=O)(C(=O)O)C1. The number of rotatable bonds is 5. The third kappa shape index (κ3) is 2.83. The molecule has 1 N–H and O–H groups in total. The van der Waals surface area contributed by atoms with Gasteiger partial charge in [-0.15, -0.1) is 0 Å². The molecule has 0 aromatic carbocycles. The van der Waals surface area contributed by atoms with E-state index in [1.54, 1.807) is 0 Å². The summed E-state index contributed by atoms with van der Waals surface area (Å²) in [5.41, 5.74) is -1.14. The third-order valence-corrected chi connectivity index (χ3v) is 2.61. The number of nitrogens with zero attached hydrogens (tertiary/aromatic N) is 1. The summed E-state index contributed by atoms with van der Waals surface area (Å²) in [7, 11) is 0. The van der Waals surface area contributed by atoms with Crippen molar-refractivity contribution < 1.29 is 24.2 Å². The molecule has 6 nitrogen and oxygen atoms in total. The Morgan fingerprint density at radius 2 is 2.06 bits per heavy atom. The van der Waals surface area contributed by atoms with Crippen molar-refractivity contribution in [1.82, 2.24) is 4.90 Å². The second-order valence-electron chi connectivity index (χ2n) is 4.19. The van der Waals surface area contributed by atoms with Gasteiger partial charge in [0, 0.05) is 19.5 Å². The zero-order chi connectivity index (χ0) is 13.1. The highest BCUT2D eigenvalue weighted by Gasteiger charge is 2.52. The van der Waals surface area contributed by atoms with Crippen LogP contribution >= 0.6 is 0 Å². The lowest BCUT2D eigenvalue weighted by Crippen LogP contribution is -2.62. The fourth-order valence-corrected chi connectivity index (χ4v) is 1.83. The maximum absolute atomic E-state index is 11.4. The number of carbonyl (C=O) groups excluding carboxylic acids is 2. The Balaban J connectivity index is 2.55. The smallest absolute Gasteiger partial charge is 0.410 e. The summed E-state index contributed by atoms with van der Waals surface area (Å²) in [5, 5.41) is 9.06. The predicted molar refractivity (Wildman–Crippen MR) is 58.5 cm³/mol. The molecule has 17 heavy (non-hydrogen) atoms. The minimum Gasteiger partial charge on any atom is -0.481 e. The Hall–Kier alpha value is -1.85. The maximum atomic E-state index is 11.4. The molecule has 0 bridgehead atoms. The molecule has 0 aromatic heterocycles. The van der Waals surface area contributed by atoms with Gasteiger partial charge in [0.25, 0.3) is 0 Å². The van der Waals surface area contributed by atoms with E-state index in [2.05, 4.69) is 6.58 Å². The largest absolute Gasteiger partial charge is 0.481 e. The summed E-state index contributed by atoms with van der Waals surface area (Å²) >= 11 is 0. The van der Waals surface area contributed by atoms with Crippen LogP contribution in [0.1, 0.15) is 13.3 Å². The molecule has 1 fully saturated rings. The average Bonchev–Trinajstić information content (AvgIpc) is 2.18. The van der Waals surface area contributed by atoms with Crippen molar-refractivity contribution in [2.24, 2.45) is 5.41 Å². The average molecular weight is 241 g/mol. The molecule has 0 saturated carbocycles. The molecule has 1 amide bonds. The van der Waals surface area contributed by atoms with Gasteiger partial charge in [-0.1, -0.05) is 12.7 Å². The molecule has 0 aromatic rings. The van der Waals surface area contributed by atoms with Crippen LogP contribution in [-0.2, 0) is 14.3 Å². The summed E-state index contributed by atoms with van der Waals surface area (Å²) in [5.74, 6) is -1.26. The van der Waals surface area contributed by atoms with Gasteiger partial charge in [-0.2, -0.15) is 0 Å². The molecule has 0 spiro atoms. The van der Waals surface area contributed by atoms with E-state index in [-0.39, 0.29) is 31.9 Å². The van der Waals surface area contributed by atoms with Crippen molar-refractivity contribution in [2.75, 3.05) is 19.7 Å². The zero-order valence-electron chi connectivity index (χ0n) is 9.64. The Morgan fingerprint density at radius 1 is 1.47 bits per heavy atom. The number of hydrogen-bond donors (Lipinski definition) is 1. The summed E-state index contributed by atoms with van der Waals surface area (Å²) in [6.07, 6.45) is 0.788. The van der Waals surface area contributed by atoms with E-state index in [0.29, 0.717) is 0 Å². The van der Waals surface area contributed by atoms with Crippen molar-refractivity contribution in [3.05, 3.63) is 12.7 Å². The van der Waals surface area contributed by atoms with Gasteiger partial charge >= 0.3 is 12.1 Å². The lowest BCUT2D eigenvalue weighted by atomic mass is 9.76. The first-order valence-electron chi connectivity index (χ1n) is 5.17. The number of aliphatic carboxylic acids is 1. The molecule has 1 rings (SSSR count). The van der Waals surface area contributed by atoms with E-state index in [1.807, 2.05) is 0 Å². The lowest BCUT2D eigenvalue weighted by Gasteiger charge is -2.45. The van der Waals surface area contributed by atoms with Crippen LogP contribution in [0.4, 0.5) is 4.79 Å². The number of ketones is 1. The van der Waals surface area contributed by atoms with Crippen molar-refractivity contribution in [3.63, 3.8) is 0 Å². The molecule has 1 aliphatic heterocycles. The second kappa shape index (κ2) is 4.99. The minimum atomic E-state index is -1.14. The molecular formula is C11H15NO5. The van der Waals surface area contributed by atoms with Crippen molar-refractivity contribution in [1.29, 1.82) is 0 Å². The van der Waals surface area contributed by atoms with Gasteiger partial charge in [-0.25, -0.2) is 4.79 Å². The number of hydrogen-bond acceptors (Lipinski definition) is 4. The van der Waals surface area contributed by atoms with Crippen LogP contribution in [0.15, 0.2) is 12.7 Å². The fraction of sp³-hybridized carbons (Fsp3) is 0.545. The molecule has 1 aliphatic rings. The van der Waals surface area contributed by atoms with Gasteiger partial charge in [0.15, 0.2) is 0 Å². The maximum Gasteiger partial charge on any atom is 0.410 e. The predicted octanol–water partition coefficient (Wildman–Crippen LogP) is 0.675. The molecule has 1 saturated heterocycles. The van der Waals surface area contributed by atoms with Gasteiger partial charge in [0.2, 0.25) is 0 Å².